The van der Waals surface area contributed by atoms with E-state index in [9.17, 15) is 44.7 Å². The number of benzene rings is 1. The maximum absolute atomic E-state index is 14.2. The summed E-state index contributed by atoms with van der Waals surface area (Å²) in [6.07, 6.45) is -11.8. The lowest BCUT2D eigenvalue weighted by Crippen LogP contribution is -2.78. The zero-order valence-corrected chi connectivity index (χ0v) is 33.9. The van der Waals surface area contributed by atoms with Crippen molar-refractivity contribution < 1.29 is 68.4 Å². The van der Waals surface area contributed by atoms with Crippen LogP contribution in [0.25, 0.3) is 0 Å². The highest BCUT2D eigenvalue weighted by Crippen LogP contribution is 2.68. The van der Waals surface area contributed by atoms with E-state index in [-0.39, 0.29) is 48.5 Å². The molecular formula is C41H59NO14. The van der Waals surface area contributed by atoms with Gasteiger partial charge in [-0.3, -0.25) is 4.79 Å². The first-order chi connectivity index (χ1) is 25.8. The van der Waals surface area contributed by atoms with Gasteiger partial charge in [-0.15, -0.1) is 0 Å². The molecular weight excluding hydrogens is 730 g/mol. The minimum Gasteiger partial charge on any atom is -0.457 e. The van der Waals surface area contributed by atoms with E-state index < -0.39 is 106 Å². The molecule has 1 aromatic carbocycles. The fourth-order valence-electron chi connectivity index (χ4n) is 9.72. The van der Waals surface area contributed by atoms with Gasteiger partial charge in [0.2, 0.25) is 0 Å². The predicted octanol–water partition coefficient (Wildman–Crippen LogP) is 2.72. The van der Waals surface area contributed by atoms with Gasteiger partial charge >= 0.3 is 24.0 Å². The number of amides is 1. The number of hydrogen-bond donors (Lipinski definition) is 6. The molecule has 0 unspecified atom stereocenters. The molecule has 312 valence electrons. The number of rotatable bonds is 10. The molecule has 15 nitrogen and oxygen atoms in total. The molecule has 0 bridgehead atoms. The van der Waals surface area contributed by atoms with Crippen molar-refractivity contribution in [1.29, 1.82) is 0 Å². The van der Waals surface area contributed by atoms with E-state index in [0.717, 1.165) is 0 Å². The second-order valence-corrected chi connectivity index (χ2v) is 18.1. The Kier molecular flexibility index (Phi) is 11.9. The van der Waals surface area contributed by atoms with E-state index >= 15 is 0 Å². The monoisotopic (exact) mass is 789 g/mol. The smallest absolute Gasteiger partial charge is 0.407 e. The van der Waals surface area contributed by atoms with Crippen molar-refractivity contribution in [3.05, 3.63) is 47.0 Å². The molecule has 5 rings (SSSR count). The SMILES string of the molecule is CC(=O)O[C@@]12CO[C@@H]1C[C@H](O)[C@]1(C)[C@@H]2[C@H](OC(=O)c2ccccc2)[C@]2(C(C)(C)O)C[C@H](OC(=O)[C@H](O)[C@H](CC(C)C)NC(=O)OC(C)(C)C)C(C)=C2[C@H](O)[C@@H]1O. The minimum atomic E-state index is -1.95. The van der Waals surface area contributed by atoms with Crippen molar-refractivity contribution >= 4 is 24.0 Å². The van der Waals surface area contributed by atoms with Gasteiger partial charge in [0, 0.05) is 25.2 Å². The number of aliphatic hydroxyl groups excluding tert-OH is 4. The molecule has 0 aromatic heterocycles. The zero-order valence-electron chi connectivity index (χ0n) is 33.9. The van der Waals surface area contributed by atoms with E-state index in [1.54, 1.807) is 39.0 Å². The fraction of sp³-hybridized carbons (Fsp3) is 0.707. The predicted molar refractivity (Wildman–Crippen MR) is 199 cm³/mol. The summed E-state index contributed by atoms with van der Waals surface area (Å²) in [5, 5.41) is 62.9. The number of aliphatic hydroxyl groups is 5. The molecule has 15 heteroatoms. The average Bonchev–Trinajstić information content (AvgIpc) is 3.35. The number of carbonyl (C=O) groups is 4. The van der Waals surface area contributed by atoms with Gasteiger partial charge in [0.15, 0.2) is 11.7 Å². The molecule has 12 atom stereocenters. The highest BCUT2D eigenvalue weighted by molar-refractivity contribution is 5.89. The molecule has 1 aromatic rings. The van der Waals surface area contributed by atoms with Crippen LogP contribution in [-0.4, -0.2) is 122 Å². The number of hydrogen-bond acceptors (Lipinski definition) is 14. The summed E-state index contributed by atoms with van der Waals surface area (Å²) in [7, 11) is 0. The van der Waals surface area contributed by atoms with Gasteiger partial charge in [0.25, 0.3) is 0 Å². The number of esters is 3. The van der Waals surface area contributed by atoms with Gasteiger partial charge in [-0.25, -0.2) is 14.4 Å². The summed E-state index contributed by atoms with van der Waals surface area (Å²) in [6.45, 7) is 15.6. The summed E-state index contributed by atoms with van der Waals surface area (Å²) in [6, 6.07) is 6.88. The molecule has 2 saturated carbocycles. The molecule has 0 spiro atoms. The minimum absolute atomic E-state index is 0.00106. The molecule has 1 saturated heterocycles. The quantitative estimate of drug-likeness (QED) is 0.114. The summed E-state index contributed by atoms with van der Waals surface area (Å²) >= 11 is 0. The van der Waals surface area contributed by atoms with Crippen molar-refractivity contribution in [3.8, 4) is 0 Å². The number of fused-ring (bicyclic) bond motifs is 4. The van der Waals surface area contributed by atoms with Crippen LogP contribution in [0.4, 0.5) is 4.79 Å². The second-order valence-electron chi connectivity index (χ2n) is 18.1. The Labute approximate surface area is 327 Å². The highest BCUT2D eigenvalue weighted by atomic mass is 16.6. The molecule has 6 N–H and O–H groups in total. The zero-order chi connectivity index (χ0) is 41.9. The van der Waals surface area contributed by atoms with Gasteiger partial charge in [-0.1, -0.05) is 39.0 Å². The van der Waals surface area contributed by atoms with Crippen LogP contribution >= 0.6 is 0 Å². The Morgan fingerprint density at radius 1 is 1.02 bits per heavy atom. The van der Waals surface area contributed by atoms with Crippen LogP contribution in [0.15, 0.2) is 41.5 Å². The van der Waals surface area contributed by atoms with Crippen molar-refractivity contribution in [2.24, 2.45) is 22.7 Å². The summed E-state index contributed by atoms with van der Waals surface area (Å²) in [5.41, 5.74) is -7.73. The van der Waals surface area contributed by atoms with Gasteiger partial charge in [0.05, 0.1) is 47.4 Å². The van der Waals surface area contributed by atoms with Crippen LogP contribution in [0.2, 0.25) is 0 Å². The summed E-state index contributed by atoms with van der Waals surface area (Å²) in [4.78, 5) is 53.7. The lowest BCUT2D eigenvalue weighted by atomic mass is 9.49. The fourth-order valence-corrected chi connectivity index (χ4v) is 9.72. The van der Waals surface area contributed by atoms with E-state index in [0.29, 0.717) is 0 Å². The highest BCUT2D eigenvalue weighted by Gasteiger charge is 2.79. The first kappa shape index (κ1) is 43.5. The van der Waals surface area contributed by atoms with E-state index in [1.807, 2.05) is 13.8 Å². The van der Waals surface area contributed by atoms with E-state index in [4.69, 9.17) is 23.7 Å². The normalized spacial score (nSPS) is 35.1. The van der Waals surface area contributed by atoms with Crippen LogP contribution < -0.4 is 5.32 Å². The third-order valence-electron chi connectivity index (χ3n) is 12.3. The number of ether oxygens (including phenoxy) is 5. The first-order valence-corrected chi connectivity index (χ1v) is 19.2. The topological polar surface area (TPSA) is 228 Å². The third kappa shape index (κ3) is 7.46. The molecule has 1 aliphatic heterocycles. The van der Waals surface area contributed by atoms with E-state index in [1.165, 1.54) is 46.8 Å². The van der Waals surface area contributed by atoms with Crippen LogP contribution in [0.3, 0.4) is 0 Å². The Balaban J connectivity index is 1.66. The second kappa shape index (κ2) is 15.3. The number of nitrogens with one attached hydrogen (secondary N) is 1. The van der Waals surface area contributed by atoms with Gasteiger partial charge in [-0.05, 0) is 77.2 Å². The van der Waals surface area contributed by atoms with E-state index in [2.05, 4.69) is 5.32 Å². The van der Waals surface area contributed by atoms with Gasteiger partial charge < -0.3 is 54.5 Å². The van der Waals surface area contributed by atoms with Crippen molar-refractivity contribution in [3.63, 3.8) is 0 Å². The lowest BCUT2D eigenvalue weighted by molar-refractivity contribution is -0.351. The summed E-state index contributed by atoms with van der Waals surface area (Å²) < 4.78 is 29.8. The molecule has 1 amide bonds. The maximum Gasteiger partial charge on any atom is 0.407 e. The third-order valence-corrected chi connectivity index (χ3v) is 12.3. The van der Waals surface area contributed by atoms with Crippen molar-refractivity contribution in [2.45, 2.75) is 154 Å². The Morgan fingerprint density at radius 2 is 1.64 bits per heavy atom. The molecule has 3 fully saturated rings. The van der Waals surface area contributed by atoms with Crippen LogP contribution in [0, 0.1) is 22.7 Å². The molecule has 56 heavy (non-hydrogen) atoms. The standard InChI is InChI=1S/C41H59NO14/c1-20(2)16-24(42-36(50)56-37(5,6)7)29(45)35(49)53-25-18-40(38(8,9)51)28(21(25)3)30(46)32(47)39(10)26(44)17-27-41(19-52-27,55-22(4)43)31(39)33(40)54-34(48)23-14-12-11-13-15-23/h11-15,20,24-27,29-33,44-47,51H,16-19H2,1-10H3,(H,42,50)/t24-,25-,26-,27+,29+,30-,31-,32-,33-,39+,40-,41-/m0/s1. The average molecular weight is 790 g/mol. The molecule has 1 heterocycles. The maximum atomic E-state index is 14.2. The van der Waals surface area contributed by atoms with Gasteiger partial charge in [0.1, 0.15) is 30.0 Å². The number of carbonyl (C=O) groups excluding carboxylic acids is 4. The molecule has 0 radical (unpaired) electrons. The number of alkyl carbamates (subject to hydrolysis) is 1. The van der Waals surface area contributed by atoms with Crippen LogP contribution in [0.5, 0.6) is 0 Å². The Bertz CT molecular complexity index is 1700. The van der Waals surface area contributed by atoms with Crippen molar-refractivity contribution in [1.82, 2.24) is 5.32 Å². The van der Waals surface area contributed by atoms with Crippen LogP contribution in [0.1, 0.15) is 98.9 Å². The Hall–Kier alpha value is -3.60. The molecule has 3 aliphatic carbocycles. The van der Waals surface area contributed by atoms with Crippen molar-refractivity contribution in [2.75, 3.05) is 6.61 Å². The first-order valence-electron chi connectivity index (χ1n) is 19.2. The molecule has 4 aliphatic rings. The lowest BCUT2D eigenvalue weighted by Gasteiger charge is -2.65. The summed E-state index contributed by atoms with van der Waals surface area (Å²) in [5.74, 6) is -4.09. The largest absolute Gasteiger partial charge is 0.457 e. The van der Waals surface area contributed by atoms with Gasteiger partial charge in [-0.2, -0.15) is 0 Å². The van der Waals surface area contributed by atoms with Crippen LogP contribution in [-0.2, 0) is 33.3 Å². The Morgan fingerprint density at radius 3 is 2.16 bits per heavy atom.